The summed E-state index contributed by atoms with van der Waals surface area (Å²) in [5.74, 6) is -0.345. The van der Waals surface area contributed by atoms with Crippen LogP contribution in [-0.2, 0) is 10.2 Å². The summed E-state index contributed by atoms with van der Waals surface area (Å²) >= 11 is 6.11. The van der Waals surface area contributed by atoms with Crippen molar-refractivity contribution in [2.75, 3.05) is 7.11 Å². The summed E-state index contributed by atoms with van der Waals surface area (Å²) in [6.45, 7) is 6.04. The molecule has 0 heterocycles. The standard InChI is InChI=1S/C12H15ClO2/c1-12(2,3)10-8(11(14)15-4)6-5-7-9(10)13/h5-7H,1-4H3. The molecule has 0 aromatic heterocycles. The Hall–Kier alpha value is -1.02. The lowest BCUT2D eigenvalue weighted by Gasteiger charge is -2.23. The van der Waals surface area contributed by atoms with Crippen molar-refractivity contribution < 1.29 is 9.53 Å². The molecule has 0 aliphatic carbocycles. The van der Waals surface area contributed by atoms with Crippen LogP contribution in [0, 0.1) is 0 Å². The average molecular weight is 227 g/mol. The molecule has 0 aliphatic heterocycles. The van der Waals surface area contributed by atoms with Gasteiger partial charge in [0.2, 0.25) is 0 Å². The zero-order valence-corrected chi connectivity index (χ0v) is 10.2. The van der Waals surface area contributed by atoms with E-state index in [2.05, 4.69) is 0 Å². The number of methoxy groups -OCH3 is 1. The summed E-state index contributed by atoms with van der Waals surface area (Å²) < 4.78 is 4.73. The maximum Gasteiger partial charge on any atom is 0.338 e. The molecule has 0 aliphatic rings. The molecule has 1 aromatic rings. The molecule has 2 nitrogen and oxygen atoms in total. The van der Waals surface area contributed by atoms with E-state index in [-0.39, 0.29) is 11.4 Å². The van der Waals surface area contributed by atoms with Gasteiger partial charge in [-0.3, -0.25) is 0 Å². The molecule has 0 amide bonds. The van der Waals surface area contributed by atoms with Crippen LogP contribution in [0.4, 0.5) is 0 Å². The number of carbonyl (C=O) groups is 1. The third kappa shape index (κ3) is 2.51. The number of rotatable bonds is 1. The molecule has 0 atom stereocenters. The van der Waals surface area contributed by atoms with Crippen LogP contribution in [0.3, 0.4) is 0 Å². The van der Waals surface area contributed by atoms with Crippen molar-refractivity contribution in [2.45, 2.75) is 26.2 Å². The SMILES string of the molecule is COC(=O)c1cccc(Cl)c1C(C)(C)C. The van der Waals surface area contributed by atoms with Gasteiger partial charge in [-0.2, -0.15) is 0 Å². The molecule has 0 radical (unpaired) electrons. The molecule has 82 valence electrons. The first-order valence-corrected chi connectivity index (χ1v) is 5.13. The minimum absolute atomic E-state index is 0.179. The van der Waals surface area contributed by atoms with Gasteiger partial charge in [-0.15, -0.1) is 0 Å². The van der Waals surface area contributed by atoms with Gasteiger partial charge < -0.3 is 4.74 Å². The van der Waals surface area contributed by atoms with E-state index in [9.17, 15) is 4.79 Å². The average Bonchev–Trinajstić information content (AvgIpc) is 2.14. The Morgan fingerprint density at radius 1 is 1.33 bits per heavy atom. The Balaban J connectivity index is 3.40. The Labute approximate surface area is 95.2 Å². The topological polar surface area (TPSA) is 26.3 Å². The molecule has 0 saturated heterocycles. The Kier molecular flexibility index (Phi) is 3.40. The quantitative estimate of drug-likeness (QED) is 0.686. The van der Waals surface area contributed by atoms with Crippen molar-refractivity contribution in [2.24, 2.45) is 0 Å². The van der Waals surface area contributed by atoms with Crippen LogP contribution in [-0.4, -0.2) is 13.1 Å². The first-order chi connectivity index (χ1) is 6.88. The van der Waals surface area contributed by atoms with E-state index in [0.29, 0.717) is 10.6 Å². The normalized spacial score (nSPS) is 11.3. The second-order valence-electron chi connectivity index (χ2n) is 4.40. The molecule has 0 fully saturated rings. The van der Waals surface area contributed by atoms with Gasteiger partial charge in [-0.1, -0.05) is 38.4 Å². The number of halogens is 1. The Morgan fingerprint density at radius 3 is 2.40 bits per heavy atom. The number of benzene rings is 1. The first kappa shape index (κ1) is 12.1. The summed E-state index contributed by atoms with van der Waals surface area (Å²) in [5, 5.41) is 0.602. The Bertz CT molecular complexity index is 378. The molecule has 0 N–H and O–H groups in total. The highest BCUT2D eigenvalue weighted by Gasteiger charge is 2.24. The summed E-state index contributed by atoms with van der Waals surface area (Å²) in [7, 11) is 1.37. The fourth-order valence-corrected chi connectivity index (χ4v) is 2.02. The molecule has 0 bridgehead atoms. The van der Waals surface area contributed by atoms with Crippen LogP contribution in [0.25, 0.3) is 0 Å². The minimum atomic E-state index is -0.345. The van der Waals surface area contributed by atoms with Gasteiger partial charge in [0.1, 0.15) is 0 Å². The highest BCUT2D eigenvalue weighted by molar-refractivity contribution is 6.32. The number of esters is 1. The van der Waals surface area contributed by atoms with Crippen LogP contribution in [0.5, 0.6) is 0 Å². The third-order valence-electron chi connectivity index (χ3n) is 2.17. The van der Waals surface area contributed by atoms with Gasteiger partial charge in [0.05, 0.1) is 12.7 Å². The smallest absolute Gasteiger partial charge is 0.338 e. The highest BCUT2D eigenvalue weighted by Crippen LogP contribution is 2.32. The van der Waals surface area contributed by atoms with Crippen molar-refractivity contribution in [1.29, 1.82) is 0 Å². The predicted molar refractivity (Wildman–Crippen MR) is 61.5 cm³/mol. The van der Waals surface area contributed by atoms with Crippen molar-refractivity contribution in [1.82, 2.24) is 0 Å². The summed E-state index contributed by atoms with van der Waals surface area (Å²) in [5.41, 5.74) is 1.19. The van der Waals surface area contributed by atoms with Crippen molar-refractivity contribution in [3.05, 3.63) is 34.3 Å². The van der Waals surface area contributed by atoms with E-state index in [1.807, 2.05) is 20.8 Å². The minimum Gasteiger partial charge on any atom is -0.465 e. The van der Waals surface area contributed by atoms with Crippen LogP contribution in [0.2, 0.25) is 5.02 Å². The van der Waals surface area contributed by atoms with Crippen molar-refractivity contribution in [3.8, 4) is 0 Å². The molecular weight excluding hydrogens is 212 g/mol. The number of hydrogen-bond acceptors (Lipinski definition) is 2. The van der Waals surface area contributed by atoms with E-state index in [1.165, 1.54) is 7.11 Å². The molecule has 15 heavy (non-hydrogen) atoms. The van der Waals surface area contributed by atoms with E-state index in [4.69, 9.17) is 16.3 Å². The van der Waals surface area contributed by atoms with Gasteiger partial charge >= 0.3 is 5.97 Å². The Morgan fingerprint density at radius 2 is 1.93 bits per heavy atom. The van der Waals surface area contributed by atoms with Crippen molar-refractivity contribution >= 4 is 17.6 Å². The van der Waals surface area contributed by atoms with Crippen LogP contribution >= 0.6 is 11.6 Å². The molecule has 1 aromatic carbocycles. The maximum absolute atomic E-state index is 11.6. The van der Waals surface area contributed by atoms with Gasteiger partial charge in [0, 0.05) is 5.02 Å². The lowest BCUT2D eigenvalue weighted by molar-refractivity contribution is 0.0598. The van der Waals surface area contributed by atoms with Gasteiger partial charge in [0.15, 0.2) is 0 Å². The fraction of sp³-hybridized carbons (Fsp3) is 0.417. The van der Waals surface area contributed by atoms with E-state index < -0.39 is 0 Å². The number of ether oxygens (including phenoxy) is 1. The van der Waals surface area contributed by atoms with E-state index >= 15 is 0 Å². The fourth-order valence-electron chi connectivity index (χ4n) is 1.57. The van der Waals surface area contributed by atoms with Gasteiger partial charge in [-0.05, 0) is 23.1 Å². The third-order valence-corrected chi connectivity index (χ3v) is 2.48. The van der Waals surface area contributed by atoms with Crippen LogP contribution in [0.1, 0.15) is 36.7 Å². The summed E-state index contributed by atoms with van der Waals surface area (Å²) in [6.07, 6.45) is 0. The number of hydrogen-bond donors (Lipinski definition) is 0. The zero-order chi connectivity index (χ0) is 11.6. The summed E-state index contributed by atoms with van der Waals surface area (Å²) in [6, 6.07) is 5.27. The molecule has 0 unspecified atom stereocenters. The molecule has 0 spiro atoms. The van der Waals surface area contributed by atoms with Gasteiger partial charge in [0.25, 0.3) is 0 Å². The largest absolute Gasteiger partial charge is 0.465 e. The van der Waals surface area contributed by atoms with Gasteiger partial charge in [-0.25, -0.2) is 4.79 Å². The summed E-state index contributed by atoms with van der Waals surface area (Å²) in [4.78, 5) is 11.6. The highest BCUT2D eigenvalue weighted by atomic mass is 35.5. The van der Waals surface area contributed by atoms with Crippen molar-refractivity contribution in [3.63, 3.8) is 0 Å². The number of carbonyl (C=O) groups excluding carboxylic acids is 1. The monoisotopic (exact) mass is 226 g/mol. The lowest BCUT2D eigenvalue weighted by atomic mass is 9.83. The molecule has 1 rings (SSSR count). The van der Waals surface area contributed by atoms with Crippen LogP contribution < -0.4 is 0 Å². The lowest BCUT2D eigenvalue weighted by Crippen LogP contribution is -2.18. The molecule has 3 heteroatoms. The molecule has 0 saturated carbocycles. The molecular formula is C12H15ClO2. The predicted octanol–water partition coefficient (Wildman–Crippen LogP) is 3.42. The van der Waals surface area contributed by atoms with E-state index in [0.717, 1.165) is 5.56 Å². The zero-order valence-electron chi connectivity index (χ0n) is 9.43. The second-order valence-corrected chi connectivity index (χ2v) is 4.81. The van der Waals surface area contributed by atoms with E-state index in [1.54, 1.807) is 18.2 Å². The van der Waals surface area contributed by atoms with Crippen LogP contribution in [0.15, 0.2) is 18.2 Å². The second kappa shape index (κ2) is 4.23. The first-order valence-electron chi connectivity index (χ1n) is 4.75. The maximum atomic E-state index is 11.6.